The number of sulfone groups is 1. The van der Waals surface area contributed by atoms with Gasteiger partial charge in [-0.3, -0.25) is 0 Å². The number of tetrazole rings is 1. The number of aromatic amines is 1. The second-order valence-corrected chi connectivity index (χ2v) is 7.54. The van der Waals surface area contributed by atoms with E-state index < -0.39 is 9.84 Å². The third-order valence-corrected chi connectivity index (χ3v) is 5.28. The van der Waals surface area contributed by atoms with Crippen molar-refractivity contribution in [3.05, 3.63) is 36.3 Å². The SMILES string of the molecule is N#CC(=CNc1ccc(N2CCS(=O)(=O)CC2)cc1)c1nn[nH]n1. The highest BCUT2D eigenvalue weighted by Crippen LogP contribution is 2.20. The molecule has 1 aromatic carbocycles. The fraction of sp³-hybridized carbons (Fsp3) is 0.286. The van der Waals surface area contributed by atoms with Gasteiger partial charge in [0.15, 0.2) is 9.84 Å². The van der Waals surface area contributed by atoms with Crippen LogP contribution in [-0.2, 0) is 9.84 Å². The van der Waals surface area contributed by atoms with Crippen LogP contribution in [0.3, 0.4) is 0 Å². The van der Waals surface area contributed by atoms with Crippen LogP contribution < -0.4 is 10.2 Å². The van der Waals surface area contributed by atoms with Crippen molar-refractivity contribution in [2.75, 3.05) is 34.8 Å². The van der Waals surface area contributed by atoms with Crippen molar-refractivity contribution in [3.8, 4) is 6.07 Å². The van der Waals surface area contributed by atoms with Gasteiger partial charge < -0.3 is 10.2 Å². The van der Waals surface area contributed by atoms with Gasteiger partial charge in [-0.15, -0.1) is 10.2 Å². The van der Waals surface area contributed by atoms with E-state index in [1.54, 1.807) is 0 Å². The first-order chi connectivity index (χ1) is 11.6. The molecule has 9 nitrogen and oxygen atoms in total. The number of hydrogen-bond acceptors (Lipinski definition) is 8. The zero-order valence-electron chi connectivity index (χ0n) is 12.7. The summed E-state index contributed by atoms with van der Waals surface area (Å²) in [6.07, 6.45) is 1.51. The standard InChI is InChI=1S/C14H15N7O2S/c15-9-11(14-17-19-20-18-14)10-16-12-1-3-13(4-2-12)21-5-7-24(22,23)8-6-21/h1-4,10,16H,5-8H2,(H,17,18,19,20). The van der Waals surface area contributed by atoms with Crippen molar-refractivity contribution in [3.63, 3.8) is 0 Å². The molecule has 0 amide bonds. The van der Waals surface area contributed by atoms with Gasteiger partial charge in [0.05, 0.1) is 11.5 Å². The van der Waals surface area contributed by atoms with Crippen molar-refractivity contribution >= 4 is 26.8 Å². The summed E-state index contributed by atoms with van der Waals surface area (Å²) in [5, 5.41) is 25.3. The van der Waals surface area contributed by atoms with Crippen LogP contribution >= 0.6 is 0 Å². The molecule has 0 radical (unpaired) electrons. The van der Waals surface area contributed by atoms with E-state index in [9.17, 15) is 8.42 Å². The molecule has 0 atom stereocenters. The molecule has 1 aliphatic heterocycles. The van der Waals surface area contributed by atoms with Crippen LogP contribution in [0.1, 0.15) is 5.82 Å². The van der Waals surface area contributed by atoms with E-state index >= 15 is 0 Å². The first-order valence-corrected chi connectivity index (χ1v) is 9.05. The molecule has 0 saturated carbocycles. The van der Waals surface area contributed by atoms with Crippen LogP contribution in [-0.4, -0.2) is 53.6 Å². The van der Waals surface area contributed by atoms with E-state index in [-0.39, 0.29) is 22.9 Å². The van der Waals surface area contributed by atoms with E-state index in [0.717, 1.165) is 11.4 Å². The van der Waals surface area contributed by atoms with Gasteiger partial charge in [-0.1, -0.05) is 0 Å². The van der Waals surface area contributed by atoms with Crippen molar-refractivity contribution in [2.45, 2.75) is 0 Å². The number of nitrogens with zero attached hydrogens (tertiary/aromatic N) is 5. The summed E-state index contributed by atoms with van der Waals surface area (Å²) in [4.78, 5) is 2.04. The number of allylic oxidation sites excluding steroid dienone is 1. The molecule has 1 fully saturated rings. The Kier molecular flexibility index (Phi) is 4.43. The predicted molar refractivity (Wildman–Crippen MR) is 88.7 cm³/mol. The molecule has 2 heterocycles. The van der Waals surface area contributed by atoms with Crippen LogP contribution in [0, 0.1) is 11.3 Å². The summed E-state index contributed by atoms with van der Waals surface area (Å²) in [6, 6.07) is 9.54. The zero-order chi connectivity index (χ0) is 17.0. The number of nitrogens with one attached hydrogen (secondary N) is 2. The molecule has 24 heavy (non-hydrogen) atoms. The third-order valence-electron chi connectivity index (χ3n) is 3.67. The van der Waals surface area contributed by atoms with Gasteiger partial charge in [-0.2, -0.15) is 10.5 Å². The topological polar surface area (TPSA) is 128 Å². The summed E-state index contributed by atoms with van der Waals surface area (Å²) in [5.41, 5.74) is 2.02. The number of rotatable bonds is 4. The Bertz CT molecular complexity index is 853. The van der Waals surface area contributed by atoms with Crippen LogP contribution in [0.4, 0.5) is 11.4 Å². The van der Waals surface area contributed by atoms with E-state index in [1.807, 2.05) is 35.2 Å². The minimum atomic E-state index is -2.89. The molecular weight excluding hydrogens is 330 g/mol. The molecule has 3 rings (SSSR count). The molecule has 1 saturated heterocycles. The monoisotopic (exact) mass is 345 g/mol. The first kappa shape index (κ1) is 15.9. The van der Waals surface area contributed by atoms with Gasteiger partial charge in [-0.25, -0.2) is 8.42 Å². The summed E-state index contributed by atoms with van der Waals surface area (Å²) in [5.74, 6) is 0.592. The summed E-state index contributed by atoms with van der Waals surface area (Å²) < 4.78 is 22.9. The minimum Gasteiger partial charge on any atom is -0.369 e. The van der Waals surface area contributed by atoms with E-state index in [4.69, 9.17) is 5.26 Å². The Balaban J connectivity index is 1.66. The Morgan fingerprint density at radius 1 is 1.29 bits per heavy atom. The number of H-pyrrole nitrogens is 1. The lowest BCUT2D eigenvalue weighted by Crippen LogP contribution is -2.40. The average molecular weight is 345 g/mol. The fourth-order valence-electron chi connectivity index (χ4n) is 2.32. The van der Waals surface area contributed by atoms with E-state index in [1.165, 1.54) is 6.20 Å². The van der Waals surface area contributed by atoms with Gasteiger partial charge in [0.25, 0.3) is 0 Å². The normalized spacial score (nSPS) is 17.3. The lowest BCUT2D eigenvalue weighted by atomic mass is 10.2. The molecule has 2 N–H and O–H groups in total. The zero-order valence-corrected chi connectivity index (χ0v) is 13.5. The van der Waals surface area contributed by atoms with Crippen LogP contribution in [0.15, 0.2) is 30.5 Å². The Hall–Kier alpha value is -2.93. The Morgan fingerprint density at radius 2 is 2.00 bits per heavy atom. The van der Waals surface area contributed by atoms with Crippen molar-refractivity contribution in [2.24, 2.45) is 0 Å². The smallest absolute Gasteiger partial charge is 0.216 e. The number of aromatic nitrogens is 4. The van der Waals surface area contributed by atoms with E-state index in [0.29, 0.717) is 13.1 Å². The van der Waals surface area contributed by atoms with Crippen molar-refractivity contribution < 1.29 is 8.42 Å². The van der Waals surface area contributed by atoms with Gasteiger partial charge >= 0.3 is 0 Å². The second-order valence-electron chi connectivity index (χ2n) is 5.24. The second kappa shape index (κ2) is 6.67. The molecule has 0 bridgehead atoms. The molecule has 124 valence electrons. The highest BCUT2D eigenvalue weighted by atomic mass is 32.2. The maximum atomic E-state index is 11.5. The first-order valence-electron chi connectivity index (χ1n) is 7.23. The number of anilines is 2. The van der Waals surface area contributed by atoms with Crippen LogP contribution in [0.25, 0.3) is 5.57 Å². The molecule has 1 aromatic heterocycles. The maximum Gasteiger partial charge on any atom is 0.216 e. The highest BCUT2D eigenvalue weighted by Gasteiger charge is 2.21. The summed E-state index contributed by atoms with van der Waals surface area (Å²) >= 11 is 0. The number of hydrogen-bond donors (Lipinski definition) is 2. The third kappa shape index (κ3) is 3.69. The minimum absolute atomic E-state index is 0.186. The van der Waals surface area contributed by atoms with Gasteiger partial charge in [0.1, 0.15) is 11.6 Å². The van der Waals surface area contributed by atoms with E-state index in [2.05, 4.69) is 25.9 Å². The lowest BCUT2D eigenvalue weighted by Gasteiger charge is -2.28. The summed E-state index contributed by atoms with van der Waals surface area (Å²) in [6.45, 7) is 1.01. The van der Waals surface area contributed by atoms with Gasteiger partial charge in [0.2, 0.25) is 5.82 Å². The van der Waals surface area contributed by atoms with Crippen LogP contribution in [0.5, 0.6) is 0 Å². The highest BCUT2D eigenvalue weighted by molar-refractivity contribution is 7.91. The van der Waals surface area contributed by atoms with Crippen LogP contribution in [0.2, 0.25) is 0 Å². The Labute approximate surface area is 138 Å². The molecule has 2 aromatic rings. The maximum absolute atomic E-state index is 11.5. The predicted octanol–water partition coefficient (Wildman–Crippen LogP) is 0.411. The van der Waals surface area contributed by atoms with Crippen molar-refractivity contribution in [1.29, 1.82) is 5.26 Å². The molecule has 0 aliphatic carbocycles. The number of benzene rings is 1. The fourth-order valence-corrected chi connectivity index (χ4v) is 3.52. The summed E-state index contributed by atoms with van der Waals surface area (Å²) in [7, 11) is -2.89. The quantitative estimate of drug-likeness (QED) is 0.763. The average Bonchev–Trinajstić information content (AvgIpc) is 3.11. The Morgan fingerprint density at radius 3 is 2.58 bits per heavy atom. The van der Waals surface area contributed by atoms with Crippen molar-refractivity contribution in [1.82, 2.24) is 20.6 Å². The van der Waals surface area contributed by atoms with Gasteiger partial charge in [0, 0.05) is 30.7 Å². The lowest BCUT2D eigenvalue weighted by molar-refractivity contribution is 0.587. The molecular formula is C14H15N7O2S. The molecule has 0 unspecified atom stereocenters. The van der Waals surface area contributed by atoms with Gasteiger partial charge in [-0.05, 0) is 29.5 Å². The molecule has 0 spiro atoms. The molecule has 1 aliphatic rings. The molecule has 10 heteroatoms. The largest absolute Gasteiger partial charge is 0.369 e. The number of nitriles is 1.